The van der Waals surface area contributed by atoms with Gasteiger partial charge in [-0.2, -0.15) is 0 Å². The van der Waals surface area contributed by atoms with Gasteiger partial charge in [-0.15, -0.1) is 0 Å². The van der Waals surface area contributed by atoms with Crippen LogP contribution in [0.4, 0.5) is 4.39 Å². The summed E-state index contributed by atoms with van der Waals surface area (Å²) in [6.45, 7) is 0.883. The normalized spacial score (nSPS) is 19.2. The summed E-state index contributed by atoms with van der Waals surface area (Å²) in [5, 5.41) is 9.09. The molecule has 2 aliphatic rings. The van der Waals surface area contributed by atoms with E-state index in [0.29, 0.717) is 31.3 Å². The van der Waals surface area contributed by atoms with Crippen molar-refractivity contribution < 1.29 is 23.8 Å². The molecule has 5 heteroatoms. The Hall–Kier alpha value is -1.78. The van der Waals surface area contributed by atoms with E-state index in [1.54, 1.807) is 6.07 Å². The number of rotatable bonds is 4. The van der Waals surface area contributed by atoms with Crippen molar-refractivity contribution >= 4 is 5.97 Å². The second kappa shape index (κ2) is 5.31. The van der Waals surface area contributed by atoms with Gasteiger partial charge in [0.2, 0.25) is 0 Å². The van der Waals surface area contributed by atoms with Gasteiger partial charge in [0.1, 0.15) is 0 Å². The van der Waals surface area contributed by atoms with Gasteiger partial charge in [0.05, 0.1) is 19.6 Å². The van der Waals surface area contributed by atoms with Gasteiger partial charge in [-0.1, -0.05) is 6.07 Å². The summed E-state index contributed by atoms with van der Waals surface area (Å²) in [4.78, 5) is 11.1. The maximum absolute atomic E-state index is 13.9. The lowest BCUT2D eigenvalue weighted by molar-refractivity contribution is -0.137. The highest BCUT2D eigenvalue weighted by Crippen LogP contribution is 2.49. The Kier molecular flexibility index (Phi) is 3.51. The monoisotopic (exact) mass is 280 g/mol. The van der Waals surface area contributed by atoms with Crippen molar-refractivity contribution in [3.63, 3.8) is 0 Å². The lowest BCUT2D eigenvalue weighted by atomic mass is 9.90. The van der Waals surface area contributed by atoms with E-state index in [9.17, 15) is 9.18 Å². The maximum atomic E-state index is 13.9. The fourth-order valence-corrected chi connectivity index (χ4v) is 2.75. The van der Waals surface area contributed by atoms with E-state index in [2.05, 4.69) is 0 Å². The maximum Gasteiger partial charge on any atom is 0.303 e. The number of fused-ring (bicyclic) bond motifs is 1. The van der Waals surface area contributed by atoms with Crippen LogP contribution in [0.3, 0.4) is 0 Å². The number of halogens is 1. The molecule has 20 heavy (non-hydrogen) atoms. The van der Waals surface area contributed by atoms with Gasteiger partial charge in [0, 0.05) is 17.9 Å². The number of aliphatic carboxylic acids is 1. The van der Waals surface area contributed by atoms with Crippen molar-refractivity contribution in [2.24, 2.45) is 5.92 Å². The van der Waals surface area contributed by atoms with E-state index in [0.717, 1.165) is 18.4 Å². The summed E-state index contributed by atoms with van der Waals surface area (Å²) < 4.78 is 24.9. The lowest BCUT2D eigenvalue weighted by Crippen LogP contribution is -2.11. The van der Waals surface area contributed by atoms with Gasteiger partial charge < -0.3 is 14.6 Å². The van der Waals surface area contributed by atoms with Crippen molar-refractivity contribution in [1.29, 1.82) is 0 Å². The Morgan fingerprint density at radius 1 is 1.30 bits per heavy atom. The molecule has 0 saturated heterocycles. The zero-order chi connectivity index (χ0) is 14.1. The van der Waals surface area contributed by atoms with Crippen molar-refractivity contribution in [3.8, 4) is 11.5 Å². The molecule has 0 spiro atoms. The second-order valence-electron chi connectivity index (χ2n) is 5.39. The minimum atomic E-state index is -0.838. The predicted molar refractivity (Wildman–Crippen MR) is 69.7 cm³/mol. The zero-order valence-electron chi connectivity index (χ0n) is 11.1. The Bertz CT molecular complexity index is 525. The van der Waals surface area contributed by atoms with Crippen LogP contribution in [0.2, 0.25) is 0 Å². The fraction of sp³-hybridized carbons (Fsp3) is 0.533. The van der Waals surface area contributed by atoms with Crippen LogP contribution in [0.25, 0.3) is 0 Å². The molecule has 1 fully saturated rings. The van der Waals surface area contributed by atoms with Crippen molar-refractivity contribution in [3.05, 3.63) is 23.5 Å². The third kappa shape index (κ3) is 2.57. The van der Waals surface area contributed by atoms with Gasteiger partial charge in [-0.25, -0.2) is 4.39 Å². The molecule has 0 amide bonds. The van der Waals surface area contributed by atoms with Crippen LogP contribution in [0.1, 0.15) is 37.2 Å². The molecule has 1 saturated carbocycles. The van der Waals surface area contributed by atoms with Crippen LogP contribution >= 0.6 is 0 Å². The summed E-state index contributed by atoms with van der Waals surface area (Å²) in [6, 6.07) is 2.99. The Morgan fingerprint density at radius 2 is 2.00 bits per heavy atom. The lowest BCUT2D eigenvalue weighted by Gasteiger charge is -2.20. The molecule has 1 aromatic rings. The molecule has 1 heterocycles. The molecule has 1 aromatic carbocycles. The van der Waals surface area contributed by atoms with Crippen molar-refractivity contribution in [1.82, 2.24) is 0 Å². The molecule has 1 aliphatic heterocycles. The van der Waals surface area contributed by atoms with Gasteiger partial charge >= 0.3 is 5.97 Å². The molecular weight excluding hydrogens is 263 g/mol. The third-order valence-electron chi connectivity index (χ3n) is 3.86. The third-order valence-corrected chi connectivity index (χ3v) is 3.86. The van der Waals surface area contributed by atoms with E-state index in [1.807, 2.05) is 0 Å². The number of ether oxygens (including phenoxy) is 2. The first-order valence-electron chi connectivity index (χ1n) is 6.96. The second-order valence-corrected chi connectivity index (χ2v) is 5.39. The SMILES string of the molecule is O=C(O)CC(c1ccc(F)c2c1OCCCO2)C1CC1. The van der Waals surface area contributed by atoms with Crippen LogP contribution in [-0.4, -0.2) is 24.3 Å². The first-order chi connectivity index (χ1) is 9.66. The van der Waals surface area contributed by atoms with Crippen LogP contribution < -0.4 is 9.47 Å². The number of hydrogen-bond acceptors (Lipinski definition) is 3. The molecule has 108 valence electrons. The van der Waals surface area contributed by atoms with Crippen LogP contribution in [0, 0.1) is 11.7 Å². The highest BCUT2D eigenvalue weighted by atomic mass is 19.1. The highest BCUT2D eigenvalue weighted by molar-refractivity contribution is 5.69. The van der Waals surface area contributed by atoms with Gasteiger partial charge in [-0.3, -0.25) is 4.79 Å². The minimum absolute atomic E-state index is 0.0477. The first kappa shape index (κ1) is 13.2. The molecule has 0 bridgehead atoms. The van der Waals surface area contributed by atoms with Crippen LogP contribution in [0.5, 0.6) is 11.5 Å². The van der Waals surface area contributed by atoms with E-state index in [4.69, 9.17) is 14.6 Å². The quantitative estimate of drug-likeness (QED) is 0.921. The molecule has 1 N–H and O–H groups in total. The van der Waals surface area contributed by atoms with Crippen molar-refractivity contribution in [2.75, 3.05) is 13.2 Å². The largest absolute Gasteiger partial charge is 0.489 e. The summed E-state index contributed by atoms with van der Waals surface area (Å²) in [5.74, 6) is -0.516. The Morgan fingerprint density at radius 3 is 2.65 bits per heavy atom. The van der Waals surface area contributed by atoms with Crippen molar-refractivity contribution in [2.45, 2.75) is 31.6 Å². The smallest absolute Gasteiger partial charge is 0.303 e. The minimum Gasteiger partial charge on any atom is -0.489 e. The molecule has 1 atom stereocenters. The summed E-state index contributed by atoms with van der Waals surface area (Å²) >= 11 is 0. The number of benzene rings is 1. The molecule has 3 rings (SSSR count). The van der Waals surface area contributed by atoms with E-state index in [-0.39, 0.29) is 18.1 Å². The van der Waals surface area contributed by atoms with Crippen LogP contribution in [-0.2, 0) is 4.79 Å². The van der Waals surface area contributed by atoms with Gasteiger partial charge in [-0.05, 0) is 24.8 Å². The molecule has 1 aliphatic carbocycles. The average Bonchev–Trinajstić information content (AvgIpc) is 3.23. The topological polar surface area (TPSA) is 55.8 Å². The predicted octanol–water partition coefficient (Wildman–Crippen LogP) is 2.96. The Labute approximate surface area is 116 Å². The Balaban J connectivity index is 2.01. The molecule has 0 aromatic heterocycles. The number of carboxylic acid groups (broad SMARTS) is 1. The highest BCUT2D eigenvalue weighted by Gasteiger charge is 2.37. The standard InChI is InChI=1S/C15H17FO4/c16-12-5-4-10(11(8-13(17)18)9-2-3-9)14-15(12)20-7-1-6-19-14/h4-5,9,11H,1-3,6-8H2,(H,17,18). The molecule has 4 nitrogen and oxygen atoms in total. The molecular formula is C15H17FO4. The van der Waals surface area contributed by atoms with E-state index >= 15 is 0 Å². The van der Waals surface area contributed by atoms with E-state index < -0.39 is 11.8 Å². The fourth-order valence-electron chi connectivity index (χ4n) is 2.75. The number of carbonyl (C=O) groups is 1. The zero-order valence-corrected chi connectivity index (χ0v) is 11.1. The number of hydrogen-bond donors (Lipinski definition) is 1. The summed E-state index contributed by atoms with van der Waals surface area (Å²) in [5.41, 5.74) is 0.771. The van der Waals surface area contributed by atoms with Gasteiger partial charge in [0.25, 0.3) is 0 Å². The van der Waals surface area contributed by atoms with Gasteiger partial charge in [0.15, 0.2) is 17.3 Å². The van der Waals surface area contributed by atoms with E-state index in [1.165, 1.54) is 6.07 Å². The molecule has 0 radical (unpaired) electrons. The first-order valence-corrected chi connectivity index (χ1v) is 6.96. The summed E-state index contributed by atoms with van der Waals surface area (Å²) in [7, 11) is 0. The van der Waals surface area contributed by atoms with Crippen LogP contribution in [0.15, 0.2) is 12.1 Å². The average molecular weight is 280 g/mol. The number of carboxylic acids is 1. The summed E-state index contributed by atoms with van der Waals surface area (Å²) in [6.07, 6.45) is 2.78. The molecule has 1 unspecified atom stereocenters.